The first-order valence-electron chi connectivity index (χ1n) is 8.09. The Morgan fingerprint density at radius 1 is 1.04 bits per heavy atom. The maximum atomic E-state index is 14.4. The Hall–Kier alpha value is -3.68. The van der Waals surface area contributed by atoms with Crippen LogP contribution in [0.2, 0.25) is 0 Å². The van der Waals surface area contributed by atoms with Crippen molar-refractivity contribution in [2.45, 2.75) is 6.67 Å². The number of halogens is 2. The molecule has 8 heteroatoms. The van der Waals surface area contributed by atoms with Crippen LogP contribution >= 0.6 is 0 Å². The molecule has 0 saturated heterocycles. The number of fused-ring (bicyclic) bond motifs is 1. The van der Waals surface area contributed by atoms with Crippen molar-refractivity contribution in [3.05, 3.63) is 66.4 Å². The summed E-state index contributed by atoms with van der Waals surface area (Å²) in [5.74, 6) is 0.292. The van der Waals surface area contributed by atoms with Crippen LogP contribution in [0.5, 0.6) is 0 Å². The van der Waals surface area contributed by atoms with Crippen molar-refractivity contribution in [2.75, 3.05) is 11.1 Å². The van der Waals surface area contributed by atoms with Gasteiger partial charge < -0.3 is 11.1 Å². The first kappa shape index (κ1) is 16.8. The van der Waals surface area contributed by atoms with Crippen molar-refractivity contribution in [2.24, 2.45) is 0 Å². The highest BCUT2D eigenvalue weighted by Gasteiger charge is 2.13. The number of rotatable bonds is 4. The van der Waals surface area contributed by atoms with E-state index in [9.17, 15) is 8.78 Å². The first-order chi connectivity index (χ1) is 13.1. The summed E-state index contributed by atoms with van der Waals surface area (Å²) in [6, 6.07) is 10.9. The van der Waals surface area contributed by atoms with E-state index in [1.165, 1.54) is 24.5 Å². The van der Waals surface area contributed by atoms with Crippen molar-refractivity contribution in [1.29, 1.82) is 0 Å². The molecule has 1 aromatic carbocycles. The zero-order valence-corrected chi connectivity index (χ0v) is 14.0. The Morgan fingerprint density at radius 2 is 1.93 bits per heavy atom. The molecule has 3 N–H and O–H groups in total. The Labute approximate surface area is 153 Å². The molecule has 0 aliphatic heterocycles. The summed E-state index contributed by atoms with van der Waals surface area (Å²) in [5, 5.41) is 3.86. The van der Waals surface area contributed by atoms with Crippen LogP contribution in [0.25, 0.3) is 22.3 Å². The summed E-state index contributed by atoms with van der Waals surface area (Å²) in [7, 11) is 0. The first-order valence-corrected chi connectivity index (χ1v) is 8.09. The Kier molecular flexibility index (Phi) is 4.29. The zero-order chi connectivity index (χ0) is 18.8. The normalized spacial score (nSPS) is 10.9. The molecule has 0 amide bonds. The Bertz CT molecular complexity index is 1130. The van der Waals surface area contributed by atoms with Crippen molar-refractivity contribution < 1.29 is 8.78 Å². The van der Waals surface area contributed by atoms with E-state index in [0.717, 1.165) is 5.39 Å². The Balaban J connectivity index is 1.88. The molecule has 0 saturated carbocycles. The number of hydrogen-bond acceptors (Lipinski definition) is 6. The summed E-state index contributed by atoms with van der Waals surface area (Å²) < 4.78 is 27.4. The highest BCUT2D eigenvalue weighted by Crippen LogP contribution is 2.31. The molecule has 0 aliphatic carbocycles. The number of alkyl halides is 1. The molecule has 3 aromatic heterocycles. The van der Waals surface area contributed by atoms with Crippen molar-refractivity contribution in [3.8, 4) is 11.3 Å². The topological polar surface area (TPSA) is 89.6 Å². The molecule has 0 radical (unpaired) electrons. The maximum Gasteiger partial charge on any atom is 0.161 e. The molecule has 0 atom stereocenters. The van der Waals surface area contributed by atoms with Gasteiger partial charge in [0.25, 0.3) is 0 Å². The highest BCUT2D eigenvalue weighted by atomic mass is 19.1. The molecular formula is C19H14F2N6. The molecule has 4 aromatic rings. The van der Waals surface area contributed by atoms with E-state index in [1.807, 2.05) is 6.07 Å². The lowest BCUT2D eigenvalue weighted by Crippen LogP contribution is -2.00. The number of benzene rings is 1. The van der Waals surface area contributed by atoms with Gasteiger partial charge in [-0.2, -0.15) is 0 Å². The van der Waals surface area contributed by atoms with Crippen LogP contribution in [0.15, 0.2) is 55.0 Å². The third kappa shape index (κ3) is 3.37. The SMILES string of the molecule is Nc1cc(Nc2cc(-c3cc(CF)ccc3F)nc3ncccc23)ncn1. The minimum Gasteiger partial charge on any atom is -0.384 e. The number of nitrogens with zero attached hydrogens (tertiary/aromatic N) is 4. The molecule has 0 aliphatic rings. The second-order valence-corrected chi connectivity index (χ2v) is 5.83. The monoisotopic (exact) mass is 364 g/mol. The van der Waals surface area contributed by atoms with Gasteiger partial charge in [-0.1, -0.05) is 6.07 Å². The van der Waals surface area contributed by atoms with E-state index in [1.54, 1.807) is 24.4 Å². The van der Waals surface area contributed by atoms with Gasteiger partial charge in [-0.15, -0.1) is 0 Å². The number of anilines is 3. The number of nitrogens with one attached hydrogen (secondary N) is 1. The minimum atomic E-state index is -0.690. The number of nitrogens with two attached hydrogens (primary N) is 1. The van der Waals surface area contributed by atoms with Crippen LogP contribution < -0.4 is 11.1 Å². The molecule has 6 nitrogen and oxygen atoms in total. The van der Waals surface area contributed by atoms with Gasteiger partial charge in [-0.25, -0.2) is 28.7 Å². The third-order valence-corrected chi connectivity index (χ3v) is 4.00. The summed E-state index contributed by atoms with van der Waals surface area (Å²) in [4.78, 5) is 16.7. The second-order valence-electron chi connectivity index (χ2n) is 5.83. The van der Waals surface area contributed by atoms with E-state index in [2.05, 4.69) is 25.3 Å². The van der Waals surface area contributed by atoms with E-state index >= 15 is 0 Å². The van der Waals surface area contributed by atoms with Gasteiger partial charge in [0.05, 0.1) is 11.4 Å². The van der Waals surface area contributed by atoms with Crippen LogP contribution in [-0.2, 0) is 6.67 Å². The van der Waals surface area contributed by atoms with Gasteiger partial charge in [-0.05, 0) is 35.9 Å². The standard InChI is InChI=1S/C19H14F2N6/c20-9-11-3-4-14(21)13(6-11)16-7-15(12-2-1-5-23-19(12)27-16)26-18-8-17(22)24-10-25-18/h1-8,10H,9H2,(H3,22,23,24,25,26,27). The van der Waals surface area contributed by atoms with Crippen LogP contribution in [-0.4, -0.2) is 19.9 Å². The maximum absolute atomic E-state index is 14.4. The molecule has 3 heterocycles. The summed E-state index contributed by atoms with van der Waals surface area (Å²) in [6.45, 7) is -0.690. The summed E-state index contributed by atoms with van der Waals surface area (Å²) >= 11 is 0. The van der Waals surface area contributed by atoms with Gasteiger partial charge in [0.1, 0.15) is 30.5 Å². The van der Waals surface area contributed by atoms with Crippen LogP contribution in [0.1, 0.15) is 5.56 Å². The van der Waals surface area contributed by atoms with E-state index < -0.39 is 12.5 Å². The summed E-state index contributed by atoms with van der Waals surface area (Å²) in [6.07, 6.45) is 2.94. The third-order valence-electron chi connectivity index (χ3n) is 4.00. The van der Waals surface area contributed by atoms with Crippen LogP contribution in [0.3, 0.4) is 0 Å². The smallest absolute Gasteiger partial charge is 0.161 e. The minimum absolute atomic E-state index is 0.197. The number of pyridine rings is 2. The van der Waals surface area contributed by atoms with Crippen molar-refractivity contribution >= 4 is 28.4 Å². The molecular weight excluding hydrogens is 350 g/mol. The summed E-state index contributed by atoms with van der Waals surface area (Å²) in [5.41, 5.74) is 7.63. The lowest BCUT2D eigenvalue weighted by molar-refractivity contribution is 0.484. The second kappa shape index (κ2) is 6.91. The van der Waals surface area contributed by atoms with Crippen molar-refractivity contribution in [1.82, 2.24) is 19.9 Å². The fourth-order valence-corrected chi connectivity index (χ4v) is 2.73. The fraction of sp³-hybridized carbons (Fsp3) is 0.0526. The fourth-order valence-electron chi connectivity index (χ4n) is 2.73. The lowest BCUT2D eigenvalue weighted by atomic mass is 10.1. The van der Waals surface area contributed by atoms with E-state index in [-0.39, 0.29) is 5.56 Å². The molecule has 0 fully saturated rings. The lowest BCUT2D eigenvalue weighted by Gasteiger charge is -2.12. The molecule has 0 unspecified atom stereocenters. The number of nitrogen functional groups attached to an aromatic ring is 1. The van der Waals surface area contributed by atoms with Crippen LogP contribution in [0.4, 0.5) is 26.1 Å². The molecule has 134 valence electrons. The molecule has 0 bridgehead atoms. The van der Waals surface area contributed by atoms with E-state index in [0.29, 0.717) is 34.2 Å². The zero-order valence-electron chi connectivity index (χ0n) is 14.0. The van der Waals surface area contributed by atoms with Crippen molar-refractivity contribution in [3.63, 3.8) is 0 Å². The quantitative estimate of drug-likeness (QED) is 0.568. The number of hydrogen-bond donors (Lipinski definition) is 2. The van der Waals surface area contributed by atoms with Gasteiger partial charge >= 0.3 is 0 Å². The predicted molar refractivity (Wildman–Crippen MR) is 99.5 cm³/mol. The number of aromatic nitrogens is 4. The molecule has 0 spiro atoms. The average molecular weight is 364 g/mol. The van der Waals surface area contributed by atoms with Gasteiger partial charge in [-0.3, -0.25) is 0 Å². The van der Waals surface area contributed by atoms with Crippen LogP contribution in [0, 0.1) is 5.82 Å². The molecule has 27 heavy (non-hydrogen) atoms. The van der Waals surface area contributed by atoms with Gasteiger partial charge in [0.15, 0.2) is 5.65 Å². The van der Waals surface area contributed by atoms with E-state index in [4.69, 9.17) is 5.73 Å². The largest absolute Gasteiger partial charge is 0.384 e. The van der Waals surface area contributed by atoms with Gasteiger partial charge in [0.2, 0.25) is 0 Å². The average Bonchev–Trinajstić information content (AvgIpc) is 2.68. The van der Waals surface area contributed by atoms with Gasteiger partial charge in [0, 0.05) is 23.2 Å². The predicted octanol–water partition coefficient (Wildman–Crippen LogP) is 4.02. The Morgan fingerprint density at radius 3 is 2.74 bits per heavy atom. The molecule has 4 rings (SSSR count). The highest BCUT2D eigenvalue weighted by molar-refractivity contribution is 5.93.